The first-order valence-electron chi connectivity index (χ1n) is 7.37. The number of benzene rings is 1. The molecule has 0 unspecified atom stereocenters. The first-order valence-corrected chi connectivity index (χ1v) is 7.37. The Morgan fingerprint density at radius 3 is 2.62 bits per heavy atom. The molecule has 0 spiro atoms. The SMILES string of the molecule is CC(C)(C#N)c1ccccc1Cn1cc(-c2ncc(F)cn2)nn1. The summed E-state index contributed by atoms with van der Waals surface area (Å²) in [5, 5.41) is 17.5. The minimum atomic E-state index is -0.597. The van der Waals surface area contributed by atoms with E-state index in [-0.39, 0.29) is 0 Å². The van der Waals surface area contributed by atoms with Crippen LogP contribution >= 0.6 is 0 Å². The molecule has 0 aliphatic rings. The van der Waals surface area contributed by atoms with Crippen LogP contribution in [0.5, 0.6) is 0 Å². The normalized spacial score (nSPS) is 11.2. The molecule has 0 aliphatic carbocycles. The van der Waals surface area contributed by atoms with Crippen LogP contribution < -0.4 is 0 Å². The molecule has 0 saturated carbocycles. The van der Waals surface area contributed by atoms with Gasteiger partial charge in [0.15, 0.2) is 11.6 Å². The molecule has 0 bridgehead atoms. The van der Waals surface area contributed by atoms with Crippen molar-refractivity contribution in [2.75, 3.05) is 0 Å². The number of halogens is 1. The van der Waals surface area contributed by atoms with Gasteiger partial charge in [-0.25, -0.2) is 19.0 Å². The van der Waals surface area contributed by atoms with Gasteiger partial charge in [0.05, 0.1) is 36.6 Å². The molecule has 120 valence electrons. The van der Waals surface area contributed by atoms with Gasteiger partial charge < -0.3 is 0 Å². The molecule has 7 heteroatoms. The van der Waals surface area contributed by atoms with Crippen LogP contribution in [0, 0.1) is 17.1 Å². The fourth-order valence-electron chi connectivity index (χ4n) is 2.43. The molecule has 1 aromatic carbocycles. The predicted molar refractivity (Wildman–Crippen MR) is 85.2 cm³/mol. The third-order valence-electron chi connectivity index (χ3n) is 3.69. The van der Waals surface area contributed by atoms with E-state index in [0.29, 0.717) is 18.1 Å². The summed E-state index contributed by atoms with van der Waals surface area (Å²) >= 11 is 0. The van der Waals surface area contributed by atoms with Crippen molar-refractivity contribution in [3.63, 3.8) is 0 Å². The van der Waals surface area contributed by atoms with E-state index < -0.39 is 11.2 Å². The smallest absolute Gasteiger partial charge is 0.181 e. The molecule has 0 atom stereocenters. The number of rotatable bonds is 4. The van der Waals surface area contributed by atoms with Crippen LogP contribution in [0.15, 0.2) is 42.9 Å². The molecule has 0 aliphatic heterocycles. The molecule has 2 heterocycles. The van der Waals surface area contributed by atoms with Crippen molar-refractivity contribution in [3.05, 3.63) is 59.8 Å². The average Bonchev–Trinajstić information content (AvgIpc) is 3.04. The van der Waals surface area contributed by atoms with Gasteiger partial charge in [0.1, 0.15) is 5.69 Å². The predicted octanol–water partition coefficient (Wildman–Crippen LogP) is 2.72. The van der Waals surface area contributed by atoms with Crippen molar-refractivity contribution >= 4 is 0 Å². The van der Waals surface area contributed by atoms with Crippen LogP contribution in [0.4, 0.5) is 4.39 Å². The quantitative estimate of drug-likeness (QED) is 0.738. The maximum atomic E-state index is 12.9. The van der Waals surface area contributed by atoms with Gasteiger partial charge in [-0.15, -0.1) is 5.10 Å². The highest BCUT2D eigenvalue weighted by Crippen LogP contribution is 2.26. The van der Waals surface area contributed by atoms with E-state index in [4.69, 9.17) is 0 Å². The van der Waals surface area contributed by atoms with Crippen LogP contribution in [-0.4, -0.2) is 25.0 Å². The van der Waals surface area contributed by atoms with Crippen LogP contribution in [0.1, 0.15) is 25.0 Å². The second-order valence-electron chi connectivity index (χ2n) is 5.92. The van der Waals surface area contributed by atoms with Gasteiger partial charge in [-0.2, -0.15) is 5.26 Å². The number of nitrogens with zero attached hydrogens (tertiary/aromatic N) is 6. The Kier molecular flexibility index (Phi) is 4.04. The minimum Gasteiger partial charge on any atom is -0.247 e. The van der Waals surface area contributed by atoms with Gasteiger partial charge in [-0.05, 0) is 25.0 Å². The Bertz CT molecular complexity index is 892. The maximum absolute atomic E-state index is 12.9. The summed E-state index contributed by atoms with van der Waals surface area (Å²) in [7, 11) is 0. The van der Waals surface area contributed by atoms with Gasteiger partial charge in [0, 0.05) is 0 Å². The number of nitriles is 1. The van der Waals surface area contributed by atoms with Gasteiger partial charge >= 0.3 is 0 Å². The summed E-state index contributed by atoms with van der Waals surface area (Å²) < 4.78 is 14.5. The van der Waals surface area contributed by atoms with Gasteiger partial charge in [0.2, 0.25) is 0 Å². The van der Waals surface area contributed by atoms with Crippen molar-refractivity contribution in [3.8, 4) is 17.6 Å². The Balaban J connectivity index is 1.89. The summed E-state index contributed by atoms with van der Waals surface area (Å²) in [6.07, 6.45) is 3.88. The zero-order valence-corrected chi connectivity index (χ0v) is 13.3. The summed E-state index contributed by atoms with van der Waals surface area (Å²) in [6.45, 7) is 4.23. The zero-order chi connectivity index (χ0) is 17.2. The highest BCUT2D eigenvalue weighted by Gasteiger charge is 2.23. The molecule has 0 radical (unpaired) electrons. The molecule has 0 amide bonds. The first kappa shape index (κ1) is 15.7. The summed E-state index contributed by atoms with van der Waals surface area (Å²) in [4.78, 5) is 7.79. The largest absolute Gasteiger partial charge is 0.247 e. The van der Waals surface area contributed by atoms with E-state index in [9.17, 15) is 9.65 Å². The monoisotopic (exact) mass is 322 g/mol. The Morgan fingerprint density at radius 2 is 1.92 bits per heavy atom. The Morgan fingerprint density at radius 1 is 1.21 bits per heavy atom. The Hall–Kier alpha value is -3.14. The molecule has 0 N–H and O–H groups in total. The maximum Gasteiger partial charge on any atom is 0.181 e. The number of aromatic nitrogens is 5. The lowest BCUT2D eigenvalue weighted by atomic mass is 9.83. The Labute approximate surface area is 138 Å². The summed E-state index contributed by atoms with van der Waals surface area (Å²) in [6, 6.07) is 10.1. The van der Waals surface area contributed by atoms with Crippen LogP contribution in [0.3, 0.4) is 0 Å². The second kappa shape index (κ2) is 6.16. The molecule has 3 rings (SSSR count). The molecule has 0 saturated heterocycles. The fraction of sp³-hybridized carbons (Fsp3) is 0.235. The number of hydrogen-bond donors (Lipinski definition) is 0. The third-order valence-corrected chi connectivity index (χ3v) is 3.69. The average molecular weight is 322 g/mol. The molecular weight excluding hydrogens is 307 g/mol. The van der Waals surface area contributed by atoms with E-state index in [1.807, 2.05) is 38.1 Å². The lowest BCUT2D eigenvalue weighted by Gasteiger charge is -2.19. The van der Waals surface area contributed by atoms with Crippen molar-refractivity contribution in [1.29, 1.82) is 5.26 Å². The number of hydrogen-bond acceptors (Lipinski definition) is 5. The molecule has 24 heavy (non-hydrogen) atoms. The van der Waals surface area contributed by atoms with Crippen LogP contribution in [0.25, 0.3) is 11.5 Å². The van der Waals surface area contributed by atoms with E-state index in [1.165, 1.54) is 0 Å². The molecule has 6 nitrogen and oxygen atoms in total. The van der Waals surface area contributed by atoms with Crippen molar-refractivity contribution < 1.29 is 4.39 Å². The van der Waals surface area contributed by atoms with Gasteiger partial charge in [-0.3, -0.25) is 0 Å². The van der Waals surface area contributed by atoms with Crippen molar-refractivity contribution in [2.45, 2.75) is 25.8 Å². The van der Waals surface area contributed by atoms with Crippen molar-refractivity contribution in [1.82, 2.24) is 25.0 Å². The van der Waals surface area contributed by atoms with Gasteiger partial charge in [0.25, 0.3) is 0 Å². The van der Waals surface area contributed by atoms with E-state index in [2.05, 4.69) is 26.3 Å². The highest BCUT2D eigenvalue weighted by molar-refractivity contribution is 5.46. The van der Waals surface area contributed by atoms with E-state index >= 15 is 0 Å². The second-order valence-corrected chi connectivity index (χ2v) is 5.92. The van der Waals surface area contributed by atoms with E-state index in [0.717, 1.165) is 23.5 Å². The summed E-state index contributed by atoms with van der Waals surface area (Å²) in [5.74, 6) is -0.188. The third kappa shape index (κ3) is 3.13. The summed E-state index contributed by atoms with van der Waals surface area (Å²) in [5.41, 5.74) is 1.80. The molecule has 2 aromatic heterocycles. The standard InChI is InChI=1S/C17H15FN6/c1-17(2,11-19)14-6-4-3-5-12(14)9-24-10-15(22-23-24)16-20-7-13(18)8-21-16/h3-8,10H,9H2,1-2H3. The zero-order valence-electron chi connectivity index (χ0n) is 13.3. The fourth-order valence-corrected chi connectivity index (χ4v) is 2.43. The molecule has 3 aromatic rings. The van der Waals surface area contributed by atoms with Crippen molar-refractivity contribution in [2.24, 2.45) is 0 Å². The van der Waals surface area contributed by atoms with E-state index in [1.54, 1.807) is 10.9 Å². The van der Waals surface area contributed by atoms with Crippen LogP contribution in [-0.2, 0) is 12.0 Å². The van der Waals surface area contributed by atoms with Gasteiger partial charge in [-0.1, -0.05) is 29.5 Å². The lowest BCUT2D eigenvalue weighted by molar-refractivity contribution is 0.614. The first-order chi connectivity index (χ1) is 11.5. The molecular formula is C17H15FN6. The lowest BCUT2D eigenvalue weighted by Crippen LogP contribution is -2.18. The molecule has 0 fully saturated rings. The topological polar surface area (TPSA) is 80.3 Å². The highest BCUT2D eigenvalue weighted by atomic mass is 19.1. The minimum absolute atomic E-state index is 0.313. The van der Waals surface area contributed by atoms with Crippen LogP contribution in [0.2, 0.25) is 0 Å².